The minimum Gasteiger partial charge on any atom is -0.458 e. The lowest BCUT2D eigenvalue weighted by Gasteiger charge is -2.15. The van der Waals surface area contributed by atoms with E-state index in [0.29, 0.717) is 13.0 Å². The van der Waals surface area contributed by atoms with Crippen LogP contribution in [0.2, 0.25) is 0 Å². The number of ether oxygens (including phenoxy) is 2. The Hall–Kier alpha value is -2.39. The van der Waals surface area contributed by atoms with Gasteiger partial charge in [-0.25, -0.2) is 4.79 Å². The molecule has 3 heteroatoms. The monoisotopic (exact) mass is 320 g/mol. The normalized spacial score (nSPS) is 19.8. The first-order valence-corrected chi connectivity index (χ1v) is 8.27. The molecule has 1 atom stereocenters. The van der Waals surface area contributed by atoms with E-state index in [4.69, 9.17) is 9.47 Å². The van der Waals surface area contributed by atoms with Gasteiger partial charge in [0.25, 0.3) is 0 Å². The molecule has 4 rings (SSSR count). The average molecular weight is 320 g/mol. The quantitative estimate of drug-likeness (QED) is 0.522. The van der Waals surface area contributed by atoms with Crippen LogP contribution in [0, 0.1) is 0 Å². The Morgan fingerprint density at radius 3 is 2.17 bits per heavy atom. The summed E-state index contributed by atoms with van der Waals surface area (Å²) in [7, 11) is 0. The van der Waals surface area contributed by atoms with Gasteiger partial charge in [-0.15, -0.1) is 0 Å². The summed E-state index contributed by atoms with van der Waals surface area (Å²) in [6.45, 7) is 4.24. The van der Waals surface area contributed by atoms with Gasteiger partial charge in [-0.3, -0.25) is 0 Å². The predicted molar refractivity (Wildman–Crippen MR) is 94.8 cm³/mol. The van der Waals surface area contributed by atoms with Crippen molar-refractivity contribution in [3.63, 3.8) is 0 Å². The zero-order valence-corrected chi connectivity index (χ0v) is 13.9. The average Bonchev–Trinajstić information content (AvgIpc) is 2.83. The summed E-state index contributed by atoms with van der Waals surface area (Å²) in [5.74, 6) is -0.260. The lowest BCUT2D eigenvalue weighted by Crippen LogP contribution is -2.19. The van der Waals surface area contributed by atoms with Crippen molar-refractivity contribution in [2.24, 2.45) is 0 Å². The van der Waals surface area contributed by atoms with Gasteiger partial charge in [0.2, 0.25) is 0 Å². The number of benzene rings is 3. The molecule has 24 heavy (non-hydrogen) atoms. The zero-order valence-electron chi connectivity index (χ0n) is 13.9. The molecule has 0 N–H and O–H groups in total. The molecule has 3 nitrogen and oxygen atoms in total. The molecule has 1 unspecified atom stereocenters. The number of carbonyl (C=O) groups excluding carboxylic acids is 1. The molecular formula is C21H20O3. The molecule has 3 aromatic carbocycles. The molecule has 0 spiro atoms. The van der Waals surface area contributed by atoms with Crippen molar-refractivity contribution < 1.29 is 14.3 Å². The fourth-order valence-electron chi connectivity index (χ4n) is 3.48. The Bertz CT molecular complexity index is 873. The lowest BCUT2D eigenvalue weighted by atomic mass is 9.97. The van der Waals surface area contributed by atoms with E-state index in [1.165, 1.54) is 21.5 Å². The molecule has 0 amide bonds. The molecular weight excluding hydrogens is 300 g/mol. The maximum atomic E-state index is 12.0. The van der Waals surface area contributed by atoms with Gasteiger partial charge in [-0.2, -0.15) is 0 Å². The number of hydrogen-bond acceptors (Lipinski definition) is 3. The molecule has 1 aliphatic rings. The third-order valence-electron chi connectivity index (χ3n) is 4.63. The van der Waals surface area contributed by atoms with Crippen LogP contribution in [0.15, 0.2) is 54.6 Å². The van der Waals surface area contributed by atoms with Crippen LogP contribution in [0.25, 0.3) is 21.5 Å². The fourth-order valence-corrected chi connectivity index (χ4v) is 3.48. The number of hydrogen-bond donors (Lipinski definition) is 0. The smallest absolute Gasteiger partial charge is 0.335 e. The fraction of sp³-hybridized carbons (Fsp3) is 0.286. The number of esters is 1. The molecule has 0 bridgehead atoms. The number of fused-ring (bicyclic) bond motifs is 2. The lowest BCUT2D eigenvalue weighted by molar-refractivity contribution is -0.153. The molecule has 0 saturated carbocycles. The van der Waals surface area contributed by atoms with Crippen LogP contribution in [0.3, 0.4) is 0 Å². The second kappa shape index (κ2) is 5.60. The van der Waals surface area contributed by atoms with Crippen molar-refractivity contribution in [2.45, 2.75) is 38.6 Å². The largest absolute Gasteiger partial charge is 0.458 e. The zero-order chi connectivity index (χ0) is 16.7. The highest BCUT2D eigenvalue weighted by molar-refractivity contribution is 6.02. The highest BCUT2D eigenvalue weighted by atomic mass is 16.6. The Balaban J connectivity index is 1.73. The van der Waals surface area contributed by atoms with Crippen molar-refractivity contribution in [1.82, 2.24) is 0 Å². The minimum absolute atomic E-state index is 0.260. The Kier molecular flexibility index (Phi) is 3.54. The van der Waals surface area contributed by atoms with Gasteiger partial charge in [0.15, 0.2) is 6.10 Å². The minimum atomic E-state index is -0.488. The van der Waals surface area contributed by atoms with E-state index in [2.05, 4.69) is 30.3 Å². The highest BCUT2D eigenvalue weighted by Gasteiger charge is 2.40. The summed E-state index contributed by atoms with van der Waals surface area (Å²) in [5.41, 5.74) is 0.684. The van der Waals surface area contributed by atoms with Crippen molar-refractivity contribution in [3.8, 4) is 0 Å². The molecule has 1 heterocycles. The number of rotatable bonds is 3. The summed E-state index contributed by atoms with van der Waals surface area (Å²) in [5, 5.41) is 4.71. The van der Waals surface area contributed by atoms with E-state index in [0.717, 1.165) is 5.56 Å². The van der Waals surface area contributed by atoms with E-state index in [1.807, 2.05) is 38.1 Å². The Morgan fingerprint density at radius 1 is 1.04 bits per heavy atom. The van der Waals surface area contributed by atoms with Gasteiger partial charge in [-0.1, -0.05) is 48.5 Å². The van der Waals surface area contributed by atoms with E-state index < -0.39 is 11.7 Å². The molecule has 3 aromatic rings. The summed E-state index contributed by atoms with van der Waals surface area (Å²) in [6, 6.07) is 18.8. The number of cyclic esters (lactones) is 1. The van der Waals surface area contributed by atoms with Crippen LogP contribution in [0.1, 0.15) is 25.8 Å². The van der Waals surface area contributed by atoms with Crippen LogP contribution in [0.5, 0.6) is 0 Å². The molecule has 0 aliphatic carbocycles. The molecule has 0 aromatic heterocycles. The Morgan fingerprint density at radius 2 is 1.62 bits per heavy atom. The molecule has 0 radical (unpaired) electrons. The first-order valence-electron chi connectivity index (χ1n) is 8.27. The topological polar surface area (TPSA) is 35.5 Å². The molecule has 122 valence electrons. The van der Waals surface area contributed by atoms with Crippen molar-refractivity contribution in [2.75, 3.05) is 0 Å². The van der Waals surface area contributed by atoms with Gasteiger partial charge in [0.05, 0.1) is 6.61 Å². The highest BCUT2D eigenvalue weighted by Crippen LogP contribution is 2.32. The van der Waals surface area contributed by atoms with Gasteiger partial charge in [0, 0.05) is 6.42 Å². The predicted octanol–water partition coefficient (Wildman–Crippen LogP) is 4.60. The SMILES string of the molecule is CC1(C)CC(OCc2c3ccccc3cc3ccccc23)C(=O)O1. The number of carbonyl (C=O) groups is 1. The van der Waals surface area contributed by atoms with Crippen LogP contribution in [-0.4, -0.2) is 17.7 Å². The standard InChI is InChI=1S/C21H20O3/c1-21(2)12-19(20(22)24-21)23-13-18-16-9-5-3-7-14(16)11-15-8-4-6-10-17(15)18/h3-11,19H,12-13H2,1-2H3. The van der Waals surface area contributed by atoms with Gasteiger partial charge in [-0.05, 0) is 47.0 Å². The second-order valence-electron chi connectivity index (χ2n) is 6.98. The van der Waals surface area contributed by atoms with Crippen molar-refractivity contribution in [3.05, 3.63) is 60.2 Å². The van der Waals surface area contributed by atoms with E-state index in [1.54, 1.807) is 0 Å². The van der Waals surface area contributed by atoms with Gasteiger partial charge in [0.1, 0.15) is 5.60 Å². The second-order valence-corrected chi connectivity index (χ2v) is 6.98. The Labute approximate surface area is 141 Å². The third kappa shape index (κ3) is 2.65. The third-order valence-corrected chi connectivity index (χ3v) is 4.63. The summed E-state index contributed by atoms with van der Waals surface area (Å²) in [6.07, 6.45) is 0.104. The summed E-state index contributed by atoms with van der Waals surface area (Å²) in [4.78, 5) is 12.0. The van der Waals surface area contributed by atoms with Gasteiger partial charge >= 0.3 is 5.97 Å². The van der Waals surface area contributed by atoms with E-state index >= 15 is 0 Å². The molecule has 1 saturated heterocycles. The molecule has 1 fully saturated rings. The first-order chi connectivity index (χ1) is 11.5. The van der Waals surface area contributed by atoms with E-state index in [9.17, 15) is 4.79 Å². The van der Waals surface area contributed by atoms with Crippen molar-refractivity contribution >= 4 is 27.5 Å². The van der Waals surface area contributed by atoms with Crippen molar-refractivity contribution in [1.29, 1.82) is 0 Å². The van der Waals surface area contributed by atoms with Crippen LogP contribution in [0.4, 0.5) is 0 Å². The first kappa shape index (κ1) is 15.2. The van der Waals surface area contributed by atoms with Crippen LogP contribution in [-0.2, 0) is 20.9 Å². The maximum Gasteiger partial charge on any atom is 0.335 e. The van der Waals surface area contributed by atoms with Gasteiger partial charge < -0.3 is 9.47 Å². The van der Waals surface area contributed by atoms with E-state index in [-0.39, 0.29) is 5.97 Å². The maximum absolute atomic E-state index is 12.0. The summed E-state index contributed by atoms with van der Waals surface area (Å²) < 4.78 is 11.3. The molecule has 1 aliphatic heterocycles. The van der Waals surface area contributed by atoms with Crippen LogP contribution >= 0.6 is 0 Å². The van der Waals surface area contributed by atoms with Crippen LogP contribution < -0.4 is 0 Å². The summed E-state index contributed by atoms with van der Waals surface area (Å²) >= 11 is 0.